The minimum absolute atomic E-state index is 0.0349. The molecule has 98 valence electrons. The first-order valence-electron chi connectivity index (χ1n) is 5.80. The molecule has 0 aliphatic carbocycles. The molecule has 1 aliphatic heterocycles. The number of likely N-dealkylation sites (N-methyl/N-ethyl adjacent to an activating group) is 1. The number of amides is 2. The van der Waals surface area contributed by atoms with Crippen molar-refractivity contribution in [2.75, 3.05) is 13.7 Å². The summed E-state index contributed by atoms with van der Waals surface area (Å²) in [5.41, 5.74) is 1.18. The lowest BCUT2D eigenvalue weighted by atomic mass is 10.1. The fourth-order valence-corrected chi connectivity index (χ4v) is 1.96. The van der Waals surface area contributed by atoms with E-state index in [9.17, 15) is 9.59 Å². The molecule has 1 saturated heterocycles. The molecule has 0 unspecified atom stereocenters. The molecule has 1 aromatic carbocycles. The van der Waals surface area contributed by atoms with E-state index in [1.165, 1.54) is 11.9 Å². The Bertz CT molecular complexity index is 550. The van der Waals surface area contributed by atoms with Crippen molar-refractivity contribution >= 4 is 12.0 Å². The molecular weight excluding hydrogens is 246 g/mol. The number of nitrogens with zero attached hydrogens (tertiary/aromatic N) is 2. The van der Waals surface area contributed by atoms with Crippen molar-refractivity contribution < 1.29 is 14.3 Å². The maximum Gasteiger partial charge on any atom is 0.410 e. The molecule has 2 amide bonds. The standard InChI is InChI=1S/C13H13N3O3/c1-15-12(17)11-8-19-13(18)16(11)7-10-5-3-2-4-9(10)6-14/h2-5,11H,7-8H2,1H3,(H,15,17)/t11-/m0/s1. The van der Waals surface area contributed by atoms with Crippen molar-refractivity contribution in [3.63, 3.8) is 0 Å². The monoisotopic (exact) mass is 259 g/mol. The van der Waals surface area contributed by atoms with Crippen LogP contribution in [0, 0.1) is 11.3 Å². The van der Waals surface area contributed by atoms with Crippen molar-refractivity contribution in [3.05, 3.63) is 35.4 Å². The van der Waals surface area contributed by atoms with Crippen molar-refractivity contribution in [1.29, 1.82) is 5.26 Å². The Morgan fingerprint density at radius 1 is 1.58 bits per heavy atom. The largest absolute Gasteiger partial charge is 0.447 e. The summed E-state index contributed by atoms with van der Waals surface area (Å²) < 4.78 is 4.89. The molecule has 6 heteroatoms. The molecular formula is C13H13N3O3. The third kappa shape index (κ3) is 2.50. The second-order valence-electron chi connectivity index (χ2n) is 4.10. The van der Waals surface area contributed by atoms with E-state index in [-0.39, 0.29) is 19.1 Å². The minimum atomic E-state index is -0.649. The van der Waals surface area contributed by atoms with Crippen molar-refractivity contribution in [2.45, 2.75) is 12.6 Å². The lowest BCUT2D eigenvalue weighted by Gasteiger charge is -2.20. The van der Waals surface area contributed by atoms with E-state index in [0.29, 0.717) is 11.1 Å². The van der Waals surface area contributed by atoms with Crippen LogP contribution >= 0.6 is 0 Å². The molecule has 1 fully saturated rings. The van der Waals surface area contributed by atoms with Gasteiger partial charge in [-0.3, -0.25) is 9.69 Å². The van der Waals surface area contributed by atoms with Crippen LogP contribution in [-0.2, 0) is 16.1 Å². The summed E-state index contributed by atoms with van der Waals surface area (Å²) in [7, 11) is 1.51. The topological polar surface area (TPSA) is 82.4 Å². The molecule has 19 heavy (non-hydrogen) atoms. The first-order chi connectivity index (χ1) is 9.17. The van der Waals surface area contributed by atoms with Crippen LogP contribution in [0.25, 0.3) is 0 Å². The lowest BCUT2D eigenvalue weighted by molar-refractivity contribution is -0.124. The van der Waals surface area contributed by atoms with E-state index in [4.69, 9.17) is 10.00 Å². The highest BCUT2D eigenvalue weighted by atomic mass is 16.6. The van der Waals surface area contributed by atoms with E-state index in [0.717, 1.165) is 0 Å². The summed E-state index contributed by atoms with van der Waals surface area (Å²) >= 11 is 0. The Morgan fingerprint density at radius 3 is 3.00 bits per heavy atom. The summed E-state index contributed by atoms with van der Waals surface area (Å²) in [5.74, 6) is -0.278. The van der Waals surface area contributed by atoms with Crippen LogP contribution in [0.4, 0.5) is 4.79 Å². The van der Waals surface area contributed by atoms with E-state index in [1.807, 2.05) is 0 Å². The van der Waals surface area contributed by atoms with Gasteiger partial charge in [0.25, 0.3) is 0 Å². The summed E-state index contributed by atoms with van der Waals surface area (Å²) in [6, 6.07) is 8.38. The van der Waals surface area contributed by atoms with Crippen LogP contribution in [-0.4, -0.2) is 36.6 Å². The first-order valence-corrected chi connectivity index (χ1v) is 5.80. The highest BCUT2D eigenvalue weighted by Crippen LogP contribution is 2.18. The Hall–Kier alpha value is -2.55. The second-order valence-corrected chi connectivity index (χ2v) is 4.10. The smallest absolute Gasteiger partial charge is 0.410 e. The van der Waals surface area contributed by atoms with Crippen LogP contribution in [0.3, 0.4) is 0 Å². The lowest BCUT2D eigenvalue weighted by Crippen LogP contribution is -2.44. The molecule has 1 heterocycles. The fraction of sp³-hybridized carbons (Fsp3) is 0.308. The molecule has 0 bridgehead atoms. The number of carbonyl (C=O) groups is 2. The zero-order valence-electron chi connectivity index (χ0n) is 10.4. The molecule has 6 nitrogen and oxygen atoms in total. The van der Waals surface area contributed by atoms with Crippen molar-refractivity contribution in [2.24, 2.45) is 0 Å². The number of nitriles is 1. The van der Waals surface area contributed by atoms with Gasteiger partial charge in [-0.25, -0.2) is 4.79 Å². The number of nitrogens with one attached hydrogen (secondary N) is 1. The van der Waals surface area contributed by atoms with Crippen molar-refractivity contribution in [3.8, 4) is 6.07 Å². The Labute approximate surface area is 110 Å². The van der Waals surface area contributed by atoms with Crippen molar-refractivity contribution in [1.82, 2.24) is 10.2 Å². The Kier molecular flexibility index (Phi) is 3.66. The number of hydrogen-bond acceptors (Lipinski definition) is 4. The van der Waals surface area contributed by atoms with E-state index < -0.39 is 12.1 Å². The molecule has 0 saturated carbocycles. The van der Waals surface area contributed by atoms with E-state index in [1.54, 1.807) is 24.3 Å². The third-order valence-corrected chi connectivity index (χ3v) is 3.00. The molecule has 1 aromatic rings. The molecule has 1 N–H and O–H groups in total. The maximum absolute atomic E-state index is 11.7. The number of rotatable bonds is 3. The maximum atomic E-state index is 11.7. The minimum Gasteiger partial charge on any atom is -0.447 e. The van der Waals surface area contributed by atoms with Crippen LogP contribution in [0.1, 0.15) is 11.1 Å². The first kappa shape index (κ1) is 12.9. The predicted octanol–water partition coefficient (Wildman–Crippen LogP) is 0.625. The number of carbonyl (C=O) groups excluding carboxylic acids is 2. The summed E-state index contributed by atoms with van der Waals surface area (Å²) in [6.45, 7) is 0.216. The van der Waals surface area contributed by atoms with Gasteiger partial charge in [0.2, 0.25) is 5.91 Å². The van der Waals surface area contributed by atoms with E-state index in [2.05, 4.69) is 11.4 Å². The third-order valence-electron chi connectivity index (χ3n) is 3.00. The number of benzene rings is 1. The fourth-order valence-electron chi connectivity index (χ4n) is 1.96. The van der Waals surface area contributed by atoms with Crippen LogP contribution in [0.2, 0.25) is 0 Å². The molecule has 1 aliphatic rings. The predicted molar refractivity (Wildman–Crippen MR) is 65.9 cm³/mol. The van der Waals surface area contributed by atoms with Crippen LogP contribution in [0.15, 0.2) is 24.3 Å². The average molecular weight is 259 g/mol. The van der Waals surface area contributed by atoms with Gasteiger partial charge in [-0.05, 0) is 11.6 Å². The van der Waals surface area contributed by atoms with Gasteiger partial charge in [0, 0.05) is 7.05 Å². The van der Waals surface area contributed by atoms with Gasteiger partial charge in [0.1, 0.15) is 12.6 Å². The molecule has 1 atom stereocenters. The second kappa shape index (κ2) is 5.40. The highest BCUT2D eigenvalue weighted by Gasteiger charge is 2.37. The Balaban J connectivity index is 2.23. The van der Waals surface area contributed by atoms with Crippen LogP contribution in [0.5, 0.6) is 0 Å². The summed E-state index contributed by atoms with van der Waals surface area (Å²) in [6.07, 6.45) is -0.540. The summed E-state index contributed by atoms with van der Waals surface area (Å²) in [5, 5.41) is 11.5. The average Bonchev–Trinajstić information content (AvgIpc) is 2.80. The van der Waals surface area contributed by atoms with E-state index >= 15 is 0 Å². The van der Waals surface area contributed by atoms with Crippen LogP contribution < -0.4 is 5.32 Å². The van der Waals surface area contributed by atoms with Gasteiger partial charge in [0.05, 0.1) is 18.2 Å². The van der Waals surface area contributed by atoms with Gasteiger partial charge in [0.15, 0.2) is 0 Å². The normalized spacial score (nSPS) is 17.8. The van der Waals surface area contributed by atoms with Gasteiger partial charge < -0.3 is 10.1 Å². The van der Waals surface area contributed by atoms with Gasteiger partial charge >= 0.3 is 6.09 Å². The van der Waals surface area contributed by atoms with Gasteiger partial charge in [-0.1, -0.05) is 18.2 Å². The zero-order valence-corrected chi connectivity index (χ0v) is 10.4. The summed E-state index contributed by atoms with van der Waals surface area (Å²) in [4.78, 5) is 24.6. The molecule has 0 radical (unpaired) electrons. The molecule has 0 spiro atoms. The quantitative estimate of drug-likeness (QED) is 0.862. The number of cyclic esters (lactones) is 1. The molecule has 0 aromatic heterocycles. The molecule has 2 rings (SSSR count). The SMILES string of the molecule is CNC(=O)[C@@H]1COC(=O)N1Cc1ccccc1C#N. The van der Waals surface area contributed by atoms with Gasteiger partial charge in [-0.15, -0.1) is 0 Å². The highest BCUT2D eigenvalue weighted by molar-refractivity contribution is 5.87. The van der Waals surface area contributed by atoms with Gasteiger partial charge in [-0.2, -0.15) is 5.26 Å². The number of hydrogen-bond donors (Lipinski definition) is 1. The Morgan fingerprint density at radius 2 is 2.32 bits per heavy atom. The number of ether oxygens (including phenoxy) is 1. The zero-order chi connectivity index (χ0) is 13.8.